The number of amides is 2. The Morgan fingerprint density at radius 2 is 1.60 bits per heavy atom. The first-order valence-electron chi connectivity index (χ1n) is 4.90. The zero-order chi connectivity index (χ0) is 12.3. The van der Waals surface area contributed by atoms with E-state index in [1.807, 2.05) is 20.8 Å². The van der Waals surface area contributed by atoms with Gasteiger partial charge in [0, 0.05) is 5.54 Å². The molecule has 0 atom stereocenters. The summed E-state index contributed by atoms with van der Waals surface area (Å²) < 4.78 is 0. The van der Waals surface area contributed by atoms with Crippen molar-refractivity contribution in [3.05, 3.63) is 0 Å². The van der Waals surface area contributed by atoms with Crippen molar-refractivity contribution in [2.24, 2.45) is 5.73 Å². The number of nitrogens with one attached hydrogen (secondary N) is 2. The highest BCUT2D eigenvalue weighted by atomic mass is 16.2. The van der Waals surface area contributed by atoms with Crippen molar-refractivity contribution in [3.63, 3.8) is 0 Å². The summed E-state index contributed by atoms with van der Waals surface area (Å²) in [4.78, 5) is 22.4. The SMILES string of the molecule is CC(C)(C)NCC(=O)NC(C)(C)C(N)=O. The maximum absolute atomic E-state index is 11.4. The van der Waals surface area contributed by atoms with Crippen LogP contribution in [0.1, 0.15) is 34.6 Å². The molecule has 5 heteroatoms. The molecule has 0 saturated heterocycles. The molecule has 0 bridgehead atoms. The van der Waals surface area contributed by atoms with Gasteiger partial charge in [0.05, 0.1) is 6.54 Å². The second-order valence-corrected chi connectivity index (χ2v) is 5.14. The fraction of sp³-hybridized carbons (Fsp3) is 0.800. The Morgan fingerprint density at radius 3 is 1.93 bits per heavy atom. The van der Waals surface area contributed by atoms with E-state index in [0.29, 0.717) is 0 Å². The Kier molecular flexibility index (Phi) is 4.27. The van der Waals surface area contributed by atoms with Gasteiger partial charge in [0.2, 0.25) is 11.8 Å². The van der Waals surface area contributed by atoms with Crippen molar-refractivity contribution in [2.45, 2.75) is 45.7 Å². The van der Waals surface area contributed by atoms with Gasteiger partial charge in [-0.05, 0) is 34.6 Å². The van der Waals surface area contributed by atoms with E-state index in [9.17, 15) is 9.59 Å². The predicted molar refractivity (Wildman–Crippen MR) is 59.2 cm³/mol. The van der Waals surface area contributed by atoms with Crippen LogP contribution in [0, 0.1) is 0 Å². The maximum atomic E-state index is 11.4. The second-order valence-electron chi connectivity index (χ2n) is 5.14. The number of carbonyl (C=O) groups is 2. The van der Waals surface area contributed by atoms with E-state index in [1.54, 1.807) is 13.8 Å². The lowest BCUT2D eigenvalue weighted by Gasteiger charge is -2.25. The summed E-state index contributed by atoms with van der Waals surface area (Å²) in [6.45, 7) is 9.19. The Bertz CT molecular complexity index is 254. The molecule has 0 rings (SSSR count). The molecule has 0 aliphatic heterocycles. The molecule has 0 unspecified atom stereocenters. The molecule has 88 valence electrons. The molecule has 0 radical (unpaired) electrons. The van der Waals surface area contributed by atoms with E-state index < -0.39 is 11.4 Å². The van der Waals surface area contributed by atoms with Crippen LogP contribution in [0.25, 0.3) is 0 Å². The van der Waals surface area contributed by atoms with E-state index in [0.717, 1.165) is 0 Å². The Hall–Kier alpha value is -1.10. The number of carbonyl (C=O) groups excluding carboxylic acids is 2. The summed E-state index contributed by atoms with van der Waals surface area (Å²) in [5.41, 5.74) is 3.99. The monoisotopic (exact) mass is 215 g/mol. The van der Waals surface area contributed by atoms with Crippen molar-refractivity contribution in [1.82, 2.24) is 10.6 Å². The fourth-order valence-corrected chi connectivity index (χ4v) is 0.800. The van der Waals surface area contributed by atoms with Crippen LogP contribution >= 0.6 is 0 Å². The number of primary amides is 1. The molecule has 5 nitrogen and oxygen atoms in total. The van der Waals surface area contributed by atoms with E-state index in [1.165, 1.54) is 0 Å². The van der Waals surface area contributed by atoms with Gasteiger partial charge < -0.3 is 16.4 Å². The third-order valence-corrected chi connectivity index (χ3v) is 1.85. The maximum Gasteiger partial charge on any atom is 0.242 e. The minimum absolute atomic E-state index is 0.131. The molecule has 2 amide bonds. The minimum atomic E-state index is -1.00. The molecule has 0 spiro atoms. The average Bonchev–Trinajstić information content (AvgIpc) is 1.98. The first kappa shape index (κ1) is 13.9. The summed E-state index contributed by atoms with van der Waals surface area (Å²) in [5, 5.41) is 5.57. The Morgan fingerprint density at radius 1 is 1.13 bits per heavy atom. The van der Waals surface area contributed by atoms with E-state index >= 15 is 0 Å². The van der Waals surface area contributed by atoms with Crippen molar-refractivity contribution in [3.8, 4) is 0 Å². The first-order valence-corrected chi connectivity index (χ1v) is 4.90. The van der Waals surface area contributed by atoms with Gasteiger partial charge in [0.1, 0.15) is 5.54 Å². The molecule has 0 saturated carbocycles. The first-order chi connectivity index (χ1) is 6.54. The van der Waals surface area contributed by atoms with Crippen LogP contribution < -0.4 is 16.4 Å². The molecule has 0 aromatic heterocycles. The van der Waals surface area contributed by atoms with Crippen molar-refractivity contribution in [1.29, 1.82) is 0 Å². The lowest BCUT2D eigenvalue weighted by atomic mass is 10.1. The standard InChI is InChI=1S/C10H21N3O2/c1-9(2,3)12-6-7(14)13-10(4,5)8(11)15/h12H,6H2,1-5H3,(H2,11,15)(H,13,14). The van der Waals surface area contributed by atoms with Crippen LogP contribution in [0.15, 0.2) is 0 Å². The van der Waals surface area contributed by atoms with Gasteiger partial charge in [-0.2, -0.15) is 0 Å². The molecule has 0 aliphatic rings. The van der Waals surface area contributed by atoms with Crippen molar-refractivity contribution >= 4 is 11.8 Å². The molecule has 15 heavy (non-hydrogen) atoms. The summed E-state index contributed by atoms with van der Waals surface area (Å²) in [5.74, 6) is -0.791. The van der Waals surface area contributed by atoms with Gasteiger partial charge in [-0.15, -0.1) is 0 Å². The predicted octanol–water partition coefficient (Wildman–Crippen LogP) is -0.245. The largest absolute Gasteiger partial charge is 0.368 e. The van der Waals surface area contributed by atoms with Gasteiger partial charge in [0.15, 0.2) is 0 Å². The topological polar surface area (TPSA) is 84.2 Å². The second kappa shape index (κ2) is 4.61. The summed E-state index contributed by atoms with van der Waals surface area (Å²) >= 11 is 0. The summed E-state index contributed by atoms with van der Waals surface area (Å²) in [6, 6.07) is 0. The zero-order valence-corrected chi connectivity index (χ0v) is 10.1. The van der Waals surface area contributed by atoms with Crippen LogP contribution in [-0.4, -0.2) is 29.4 Å². The number of nitrogens with two attached hydrogens (primary N) is 1. The van der Waals surface area contributed by atoms with Gasteiger partial charge >= 0.3 is 0 Å². The molecule has 0 aliphatic carbocycles. The Balaban J connectivity index is 4.11. The quantitative estimate of drug-likeness (QED) is 0.605. The highest BCUT2D eigenvalue weighted by Gasteiger charge is 2.26. The number of hydrogen-bond donors (Lipinski definition) is 3. The molecule has 0 heterocycles. The number of hydrogen-bond acceptors (Lipinski definition) is 3. The highest BCUT2D eigenvalue weighted by Crippen LogP contribution is 2.00. The molecule has 4 N–H and O–H groups in total. The molecule has 0 fully saturated rings. The van der Waals surface area contributed by atoms with Crippen LogP contribution in [-0.2, 0) is 9.59 Å². The van der Waals surface area contributed by atoms with Crippen LogP contribution in [0.4, 0.5) is 0 Å². The number of rotatable bonds is 4. The highest BCUT2D eigenvalue weighted by molar-refractivity contribution is 5.90. The van der Waals surface area contributed by atoms with E-state index in [2.05, 4.69) is 10.6 Å². The summed E-state index contributed by atoms with van der Waals surface area (Å²) in [7, 11) is 0. The zero-order valence-electron chi connectivity index (χ0n) is 10.1. The average molecular weight is 215 g/mol. The fourth-order valence-electron chi connectivity index (χ4n) is 0.800. The van der Waals surface area contributed by atoms with Gasteiger partial charge in [0.25, 0.3) is 0 Å². The van der Waals surface area contributed by atoms with Gasteiger partial charge in [-0.3, -0.25) is 9.59 Å². The normalized spacial score (nSPS) is 12.3. The molecular formula is C10H21N3O2. The van der Waals surface area contributed by atoms with E-state index in [-0.39, 0.29) is 18.0 Å². The van der Waals surface area contributed by atoms with Crippen LogP contribution in [0.3, 0.4) is 0 Å². The van der Waals surface area contributed by atoms with E-state index in [4.69, 9.17) is 5.73 Å². The van der Waals surface area contributed by atoms with Gasteiger partial charge in [-0.1, -0.05) is 0 Å². The van der Waals surface area contributed by atoms with Crippen molar-refractivity contribution in [2.75, 3.05) is 6.54 Å². The van der Waals surface area contributed by atoms with Crippen LogP contribution in [0.5, 0.6) is 0 Å². The third-order valence-electron chi connectivity index (χ3n) is 1.85. The molecular weight excluding hydrogens is 194 g/mol. The van der Waals surface area contributed by atoms with Gasteiger partial charge in [-0.25, -0.2) is 0 Å². The van der Waals surface area contributed by atoms with Crippen molar-refractivity contribution < 1.29 is 9.59 Å². The lowest BCUT2D eigenvalue weighted by Crippen LogP contribution is -2.55. The Labute approximate surface area is 90.8 Å². The molecule has 0 aromatic rings. The minimum Gasteiger partial charge on any atom is -0.368 e. The molecule has 0 aromatic carbocycles. The lowest BCUT2D eigenvalue weighted by molar-refractivity contribution is -0.130. The summed E-state index contributed by atoms with van der Waals surface area (Å²) in [6.07, 6.45) is 0. The smallest absolute Gasteiger partial charge is 0.242 e. The third kappa shape index (κ3) is 6.06. The van der Waals surface area contributed by atoms with Crippen LogP contribution in [0.2, 0.25) is 0 Å².